The molecule has 18 heavy (non-hydrogen) atoms. The number of nitrogens with zero attached hydrogens (tertiary/aromatic N) is 2. The molecule has 0 unspecified atom stereocenters. The average molecular weight is 269 g/mol. The van der Waals surface area contributed by atoms with Gasteiger partial charge in [-0.2, -0.15) is 11.8 Å². The van der Waals surface area contributed by atoms with Crippen LogP contribution in [0.4, 0.5) is 10.2 Å². The average Bonchev–Trinajstić information content (AvgIpc) is 3.17. The van der Waals surface area contributed by atoms with Crippen molar-refractivity contribution in [3.63, 3.8) is 0 Å². The van der Waals surface area contributed by atoms with Gasteiger partial charge in [-0.05, 0) is 25.2 Å². The largest absolute Gasteiger partial charge is 0.359 e. The minimum atomic E-state index is -0.260. The maximum Gasteiger partial charge on any atom is 0.141 e. The predicted octanol–water partition coefficient (Wildman–Crippen LogP) is 2.27. The molecule has 0 aromatic carbocycles. The molecule has 0 amide bonds. The number of anilines is 1. The first kappa shape index (κ1) is 13.6. The van der Waals surface area contributed by atoms with Gasteiger partial charge >= 0.3 is 0 Å². The predicted molar refractivity (Wildman–Crippen MR) is 75.7 cm³/mol. The van der Waals surface area contributed by atoms with Gasteiger partial charge in [0.05, 0.1) is 6.20 Å². The Morgan fingerprint density at radius 1 is 1.56 bits per heavy atom. The van der Waals surface area contributed by atoms with Crippen molar-refractivity contribution in [2.75, 3.05) is 30.5 Å². The minimum Gasteiger partial charge on any atom is -0.359 e. The van der Waals surface area contributed by atoms with E-state index in [9.17, 15) is 4.39 Å². The fourth-order valence-corrected chi connectivity index (χ4v) is 2.28. The van der Waals surface area contributed by atoms with Crippen LogP contribution in [0.1, 0.15) is 18.4 Å². The summed E-state index contributed by atoms with van der Waals surface area (Å²) in [6, 6.07) is 2.21. The maximum absolute atomic E-state index is 13.3. The van der Waals surface area contributed by atoms with Crippen molar-refractivity contribution in [3.8, 4) is 0 Å². The molecule has 0 bridgehead atoms. The zero-order valence-corrected chi connectivity index (χ0v) is 11.8. The van der Waals surface area contributed by atoms with Crippen LogP contribution >= 0.6 is 11.8 Å². The Labute approximate surface area is 112 Å². The first-order chi connectivity index (χ1) is 8.70. The van der Waals surface area contributed by atoms with E-state index in [-0.39, 0.29) is 5.82 Å². The van der Waals surface area contributed by atoms with E-state index >= 15 is 0 Å². The highest BCUT2D eigenvalue weighted by molar-refractivity contribution is 7.98. The van der Waals surface area contributed by atoms with Crippen LogP contribution in [0.3, 0.4) is 0 Å². The Kier molecular flexibility index (Phi) is 4.83. The standard InChI is InChI=1S/C13H20FN3S/c1-17(5-6-18-2)13-10(7-11(14)9-16-13)8-15-12-3-4-12/h7,9,12,15H,3-6,8H2,1-2H3. The molecule has 1 aliphatic carbocycles. The molecule has 3 nitrogen and oxygen atoms in total. The molecule has 0 aliphatic heterocycles. The van der Waals surface area contributed by atoms with Gasteiger partial charge in [0.15, 0.2) is 0 Å². The summed E-state index contributed by atoms with van der Waals surface area (Å²) in [5.74, 6) is 1.67. The normalized spacial score (nSPS) is 14.8. The lowest BCUT2D eigenvalue weighted by Crippen LogP contribution is -2.25. The third-order valence-corrected chi connectivity index (χ3v) is 3.65. The highest BCUT2D eigenvalue weighted by Crippen LogP contribution is 2.22. The van der Waals surface area contributed by atoms with E-state index in [4.69, 9.17) is 0 Å². The van der Waals surface area contributed by atoms with Gasteiger partial charge in [0, 0.05) is 37.5 Å². The Balaban J connectivity index is 2.05. The highest BCUT2D eigenvalue weighted by atomic mass is 32.2. The summed E-state index contributed by atoms with van der Waals surface area (Å²) < 4.78 is 13.3. The molecule has 0 spiro atoms. The lowest BCUT2D eigenvalue weighted by molar-refractivity contribution is 0.611. The SMILES string of the molecule is CSCCN(C)c1ncc(F)cc1CNC1CC1. The van der Waals surface area contributed by atoms with Crippen molar-refractivity contribution in [1.82, 2.24) is 10.3 Å². The number of hydrogen-bond donors (Lipinski definition) is 1. The number of hydrogen-bond acceptors (Lipinski definition) is 4. The van der Waals surface area contributed by atoms with Gasteiger partial charge in [0.25, 0.3) is 0 Å². The van der Waals surface area contributed by atoms with E-state index in [1.165, 1.54) is 19.0 Å². The quantitative estimate of drug-likeness (QED) is 0.822. The zero-order chi connectivity index (χ0) is 13.0. The second kappa shape index (κ2) is 6.38. The first-order valence-electron chi connectivity index (χ1n) is 6.28. The van der Waals surface area contributed by atoms with Crippen LogP contribution in [0.5, 0.6) is 0 Å². The Bertz CT molecular complexity index is 396. The number of thioether (sulfide) groups is 1. The summed E-state index contributed by atoms with van der Waals surface area (Å²) in [6.07, 6.45) is 5.85. The van der Waals surface area contributed by atoms with E-state index in [0.717, 1.165) is 23.7 Å². The van der Waals surface area contributed by atoms with Crippen LogP contribution in [0.2, 0.25) is 0 Å². The highest BCUT2D eigenvalue weighted by Gasteiger charge is 2.21. The number of pyridine rings is 1. The smallest absolute Gasteiger partial charge is 0.141 e. The fraction of sp³-hybridized carbons (Fsp3) is 0.615. The monoisotopic (exact) mass is 269 g/mol. The van der Waals surface area contributed by atoms with Crippen molar-refractivity contribution in [3.05, 3.63) is 23.6 Å². The second-order valence-electron chi connectivity index (χ2n) is 4.71. The van der Waals surface area contributed by atoms with E-state index in [2.05, 4.69) is 21.5 Å². The van der Waals surface area contributed by atoms with Crippen molar-refractivity contribution in [2.24, 2.45) is 0 Å². The Morgan fingerprint density at radius 3 is 3.00 bits per heavy atom. The van der Waals surface area contributed by atoms with E-state index in [1.807, 2.05) is 7.05 Å². The molecule has 1 aromatic heterocycles. The molecule has 1 saturated carbocycles. The number of rotatable bonds is 7. The van der Waals surface area contributed by atoms with Crippen molar-refractivity contribution in [1.29, 1.82) is 0 Å². The fourth-order valence-electron chi connectivity index (χ4n) is 1.82. The molecular formula is C13H20FN3S. The molecular weight excluding hydrogens is 249 g/mol. The molecule has 1 N–H and O–H groups in total. The third-order valence-electron chi connectivity index (χ3n) is 3.06. The molecule has 2 rings (SSSR count). The zero-order valence-electron chi connectivity index (χ0n) is 10.9. The summed E-state index contributed by atoms with van der Waals surface area (Å²) in [5, 5.41) is 3.41. The van der Waals surface area contributed by atoms with Gasteiger partial charge in [0.2, 0.25) is 0 Å². The Morgan fingerprint density at radius 2 is 2.33 bits per heavy atom. The molecule has 1 aromatic rings. The van der Waals surface area contributed by atoms with Gasteiger partial charge in [-0.25, -0.2) is 9.37 Å². The molecule has 0 radical (unpaired) electrons. The van der Waals surface area contributed by atoms with Gasteiger partial charge in [-0.3, -0.25) is 0 Å². The molecule has 1 fully saturated rings. The summed E-state index contributed by atoms with van der Waals surface area (Å²) in [7, 11) is 2.01. The second-order valence-corrected chi connectivity index (χ2v) is 5.69. The maximum atomic E-state index is 13.3. The van der Waals surface area contributed by atoms with Crippen molar-refractivity contribution in [2.45, 2.75) is 25.4 Å². The van der Waals surface area contributed by atoms with Gasteiger partial charge in [-0.15, -0.1) is 0 Å². The van der Waals surface area contributed by atoms with Crippen LogP contribution in [0, 0.1) is 5.82 Å². The molecule has 100 valence electrons. The van der Waals surface area contributed by atoms with Crippen molar-refractivity contribution >= 4 is 17.6 Å². The van der Waals surface area contributed by atoms with E-state index in [0.29, 0.717) is 12.6 Å². The minimum absolute atomic E-state index is 0.260. The number of halogens is 1. The van der Waals surface area contributed by atoms with Gasteiger partial charge in [0.1, 0.15) is 11.6 Å². The molecule has 0 saturated heterocycles. The first-order valence-corrected chi connectivity index (χ1v) is 7.68. The summed E-state index contributed by atoms with van der Waals surface area (Å²) >= 11 is 1.80. The molecule has 0 atom stereocenters. The van der Waals surface area contributed by atoms with Crippen LogP contribution in [-0.2, 0) is 6.54 Å². The van der Waals surface area contributed by atoms with E-state index in [1.54, 1.807) is 17.8 Å². The summed E-state index contributed by atoms with van der Waals surface area (Å²) in [4.78, 5) is 6.33. The van der Waals surface area contributed by atoms with Crippen LogP contribution < -0.4 is 10.2 Å². The van der Waals surface area contributed by atoms with Crippen molar-refractivity contribution < 1.29 is 4.39 Å². The third kappa shape index (κ3) is 3.85. The van der Waals surface area contributed by atoms with Gasteiger partial charge in [-0.1, -0.05) is 0 Å². The van der Waals surface area contributed by atoms with Crippen LogP contribution in [0.15, 0.2) is 12.3 Å². The molecule has 1 heterocycles. The van der Waals surface area contributed by atoms with Crippen LogP contribution in [-0.4, -0.2) is 36.6 Å². The van der Waals surface area contributed by atoms with Crippen LogP contribution in [0.25, 0.3) is 0 Å². The Hall–Kier alpha value is -0.810. The molecule has 5 heteroatoms. The van der Waals surface area contributed by atoms with Gasteiger partial charge < -0.3 is 10.2 Å². The summed E-state index contributed by atoms with van der Waals surface area (Å²) in [6.45, 7) is 1.63. The van der Waals surface area contributed by atoms with E-state index < -0.39 is 0 Å². The summed E-state index contributed by atoms with van der Waals surface area (Å²) in [5.41, 5.74) is 0.950. The topological polar surface area (TPSA) is 28.2 Å². The molecule has 1 aliphatic rings. The number of nitrogens with one attached hydrogen (secondary N) is 1. The lowest BCUT2D eigenvalue weighted by Gasteiger charge is -2.21. The number of aromatic nitrogens is 1. The lowest BCUT2D eigenvalue weighted by atomic mass is 10.2.